The van der Waals surface area contributed by atoms with E-state index in [0.29, 0.717) is 6.42 Å². The lowest BCUT2D eigenvalue weighted by Crippen LogP contribution is -2.37. The van der Waals surface area contributed by atoms with Crippen LogP contribution < -0.4 is 10.6 Å². The molecule has 0 unspecified atom stereocenters. The molecular formula is C19H32IN3O2. The number of esters is 1. The molecule has 0 saturated heterocycles. The molecule has 0 atom stereocenters. The summed E-state index contributed by atoms with van der Waals surface area (Å²) in [5.41, 5.74) is 3.86. The fourth-order valence-corrected chi connectivity index (χ4v) is 2.50. The van der Waals surface area contributed by atoms with Crippen LogP contribution >= 0.6 is 24.0 Å². The monoisotopic (exact) mass is 461 g/mol. The molecule has 0 aliphatic heterocycles. The third-order valence-corrected chi connectivity index (χ3v) is 4.00. The van der Waals surface area contributed by atoms with Crippen LogP contribution in [-0.2, 0) is 16.1 Å². The Balaban J connectivity index is 0.00000576. The fourth-order valence-electron chi connectivity index (χ4n) is 2.50. The maximum atomic E-state index is 11.0. The van der Waals surface area contributed by atoms with Gasteiger partial charge >= 0.3 is 5.97 Å². The zero-order chi connectivity index (χ0) is 17.8. The van der Waals surface area contributed by atoms with E-state index >= 15 is 0 Å². The minimum Gasteiger partial charge on any atom is -0.469 e. The van der Waals surface area contributed by atoms with Crippen molar-refractivity contribution in [3.63, 3.8) is 0 Å². The van der Waals surface area contributed by atoms with Crippen molar-refractivity contribution in [2.24, 2.45) is 4.99 Å². The van der Waals surface area contributed by atoms with E-state index in [0.717, 1.165) is 44.7 Å². The number of nitrogens with zero attached hydrogens (tertiary/aromatic N) is 1. The van der Waals surface area contributed by atoms with Crippen LogP contribution in [0.4, 0.5) is 0 Å². The van der Waals surface area contributed by atoms with E-state index in [1.165, 1.54) is 23.8 Å². The summed E-state index contributed by atoms with van der Waals surface area (Å²) in [4.78, 5) is 15.3. The van der Waals surface area contributed by atoms with Crippen molar-refractivity contribution in [3.8, 4) is 0 Å². The van der Waals surface area contributed by atoms with Crippen molar-refractivity contribution < 1.29 is 9.53 Å². The number of ether oxygens (including phenoxy) is 1. The van der Waals surface area contributed by atoms with E-state index in [-0.39, 0.29) is 29.9 Å². The predicted molar refractivity (Wildman–Crippen MR) is 115 cm³/mol. The first-order valence-electron chi connectivity index (χ1n) is 8.64. The van der Waals surface area contributed by atoms with E-state index in [1.807, 2.05) is 0 Å². The number of aryl methyl sites for hydroxylation is 2. The van der Waals surface area contributed by atoms with Gasteiger partial charge in [0.1, 0.15) is 0 Å². The molecule has 0 aliphatic rings. The van der Waals surface area contributed by atoms with Gasteiger partial charge in [-0.25, -0.2) is 0 Å². The van der Waals surface area contributed by atoms with E-state index in [2.05, 4.69) is 52.4 Å². The van der Waals surface area contributed by atoms with Gasteiger partial charge in [-0.1, -0.05) is 36.6 Å². The summed E-state index contributed by atoms with van der Waals surface area (Å²) in [6, 6.07) is 6.49. The Morgan fingerprint density at radius 3 is 2.48 bits per heavy atom. The average molecular weight is 461 g/mol. The summed E-state index contributed by atoms with van der Waals surface area (Å²) < 4.78 is 4.63. The number of carbonyl (C=O) groups excluding carboxylic acids is 1. The van der Waals surface area contributed by atoms with Gasteiger partial charge < -0.3 is 15.4 Å². The van der Waals surface area contributed by atoms with Crippen LogP contribution in [0.1, 0.15) is 48.8 Å². The van der Waals surface area contributed by atoms with Gasteiger partial charge in [0, 0.05) is 26.6 Å². The maximum absolute atomic E-state index is 11.0. The van der Waals surface area contributed by atoms with Crippen LogP contribution in [0.3, 0.4) is 0 Å². The van der Waals surface area contributed by atoms with Crippen LogP contribution in [0.25, 0.3) is 0 Å². The lowest BCUT2D eigenvalue weighted by Gasteiger charge is -2.13. The molecule has 0 aromatic heterocycles. The molecule has 1 aromatic rings. The number of unbranched alkanes of at least 4 members (excludes halogenated alkanes) is 3. The highest BCUT2D eigenvalue weighted by Gasteiger charge is 2.02. The Morgan fingerprint density at radius 2 is 1.84 bits per heavy atom. The normalized spacial score (nSPS) is 10.8. The van der Waals surface area contributed by atoms with Gasteiger partial charge in [-0.05, 0) is 37.8 Å². The minimum atomic E-state index is -0.121. The Morgan fingerprint density at radius 1 is 1.12 bits per heavy atom. The second kappa shape index (κ2) is 13.9. The van der Waals surface area contributed by atoms with Gasteiger partial charge in [-0.2, -0.15) is 0 Å². The van der Waals surface area contributed by atoms with E-state index < -0.39 is 0 Å². The smallest absolute Gasteiger partial charge is 0.305 e. The number of methoxy groups -OCH3 is 1. The van der Waals surface area contributed by atoms with Crippen molar-refractivity contribution in [2.45, 2.75) is 52.5 Å². The lowest BCUT2D eigenvalue weighted by atomic mass is 10.1. The maximum Gasteiger partial charge on any atom is 0.305 e. The molecular weight excluding hydrogens is 429 g/mol. The molecule has 5 nitrogen and oxygen atoms in total. The van der Waals surface area contributed by atoms with Gasteiger partial charge in [-0.15, -0.1) is 24.0 Å². The molecule has 0 aliphatic carbocycles. The summed E-state index contributed by atoms with van der Waals surface area (Å²) >= 11 is 0. The number of hydrogen-bond acceptors (Lipinski definition) is 3. The van der Waals surface area contributed by atoms with Crippen LogP contribution in [0, 0.1) is 13.8 Å². The number of rotatable bonds is 9. The molecule has 0 fully saturated rings. The third-order valence-electron chi connectivity index (χ3n) is 4.00. The van der Waals surface area contributed by atoms with Crippen molar-refractivity contribution in [1.29, 1.82) is 0 Å². The van der Waals surface area contributed by atoms with Gasteiger partial charge in [0.2, 0.25) is 0 Å². The van der Waals surface area contributed by atoms with E-state index in [1.54, 1.807) is 7.05 Å². The number of hydrogen-bond donors (Lipinski definition) is 2. The summed E-state index contributed by atoms with van der Waals surface area (Å²) in [6.45, 7) is 5.89. The second-order valence-electron chi connectivity index (χ2n) is 6.02. The third kappa shape index (κ3) is 10.3. The second-order valence-corrected chi connectivity index (χ2v) is 6.02. The van der Waals surface area contributed by atoms with Gasteiger partial charge in [0.25, 0.3) is 0 Å². The standard InChI is InChI=1S/C19H31N3O2.HI/c1-15-10-11-17(16(2)13-15)14-22-19(20-3)21-12-8-6-5-7-9-18(23)24-4;/h10-11,13H,5-9,12,14H2,1-4H3,(H2,20,21,22);1H. The first-order chi connectivity index (χ1) is 11.6. The molecule has 6 heteroatoms. The van der Waals surface area contributed by atoms with Crippen LogP contribution in [0.15, 0.2) is 23.2 Å². The molecule has 25 heavy (non-hydrogen) atoms. The van der Waals surface area contributed by atoms with Crippen molar-refractivity contribution in [1.82, 2.24) is 10.6 Å². The fraction of sp³-hybridized carbons (Fsp3) is 0.579. The largest absolute Gasteiger partial charge is 0.469 e. The molecule has 1 rings (SSSR count). The molecule has 0 saturated carbocycles. The Kier molecular flexibility index (Phi) is 13.2. The molecule has 0 amide bonds. The number of nitrogens with one attached hydrogen (secondary N) is 2. The van der Waals surface area contributed by atoms with Gasteiger partial charge in [-0.3, -0.25) is 9.79 Å². The van der Waals surface area contributed by atoms with E-state index in [9.17, 15) is 4.79 Å². The SMILES string of the molecule is CN=C(NCCCCCCC(=O)OC)NCc1ccc(C)cc1C.I. The first kappa shape index (κ1) is 23.7. The summed E-state index contributed by atoms with van der Waals surface area (Å²) in [6.07, 6.45) is 4.62. The Labute approximate surface area is 169 Å². The molecule has 1 aromatic carbocycles. The zero-order valence-electron chi connectivity index (χ0n) is 15.9. The number of halogens is 1. The number of benzene rings is 1. The molecule has 0 radical (unpaired) electrons. The van der Waals surface area contributed by atoms with E-state index in [4.69, 9.17) is 0 Å². The summed E-state index contributed by atoms with van der Waals surface area (Å²) in [7, 11) is 3.22. The molecule has 0 bridgehead atoms. The van der Waals surface area contributed by atoms with Crippen LogP contribution in [0.5, 0.6) is 0 Å². The number of guanidine groups is 1. The predicted octanol–water partition coefficient (Wildman–Crippen LogP) is 3.71. The molecule has 0 spiro atoms. The van der Waals surface area contributed by atoms with Crippen LogP contribution in [0.2, 0.25) is 0 Å². The highest BCUT2D eigenvalue weighted by molar-refractivity contribution is 14.0. The summed E-state index contributed by atoms with van der Waals surface area (Å²) in [5.74, 6) is 0.702. The molecule has 142 valence electrons. The quantitative estimate of drug-likeness (QED) is 0.194. The minimum absolute atomic E-state index is 0. The lowest BCUT2D eigenvalue weighted by molar-refractivity contribution is -0.140. The highest BCUT2D eigenvalue weighted by Crippen LogP contribution is 2.10. The summed E-state index contributed by atoms with van der Waals surface area (Å²) in [5, 5.41) is 6.68. The van der Waals surface area contributed by atoms with Crippen molar-refractivity contribution >= 4 is 35.9 Å². The molecule has 0 heterocycles. The Bertz CT molecular complexity index is 547. The number of carbonyl (C=O) groups is 1. The molecule has 2 N–H and O–H groups in total. The highest BCUT2D eigenvalue weighted by atomic mass is 127. The number of aliphatic imine (C=N–C) groups is 1. The van der Waals surface area contributed by atoms with Gasteiger partial charge in [0.05, 0.1) is 7.11 Å². The average Bonchev–Trinajstić information content (AvgIpc) is 2.57. The van der Waals surface area contributed by atoms with Crippen LogP contribution in [-0.4, -0.2) is 32.6 Å². The Hall–Kier alpha value is -1.31. The topological polar surface area (TPSA) is 62.7 Å². The van der Waals surface area contributed by atoms with Crippen molar-refractivity contribution in [2.75, 3.05) is 20.7 Å². The van der Waals surface area contributed by atoms with Crippen molar-refractivity contribution in [3.05, 3.63) is 34.9 Å². The first-order valence-corrected chi connectivity index (χ1v) is 8.64. The van der Waals surface area contributed by atoms with Gasteiger partial charge in [0.15, 0.2) is 5.96 Å². The zero-order valence-corrected chi connectivity index (χ0v) is 18.2.